The van der Waals surface area contributed by atoms with E-state index in [0.717, 1.165) is 23.6 Å². The molecule has 1 aliphatic rings. The minimum absolute atomic E-state index is 0.323. The molecule has 18 heavy (non-hydrogen) atoms. The van der Waals surface area contributed by atoms with Crippen molar-refractivity contribution < 1.29 is 4.39 Å². The lowest BCUT2D eigenvalue weighted by molar-refractivity contribution is 0.565. The number of tetrazole rings is 1. The first-order chi connectivity index (χ1) is 8.74. The maximum absolute atomic E-state index is 12.9. The summed E-state index contributed by atoms with van der Waals surface area (Å²) in [6, 6.07) is 4.87. The number of hydrogen-bond donors (Lipinski definition) is 0. The van der Waals surface area contributed by atoms with E-state index in [0.29, 0.717) is 16.8 Å². The maximum atomic E-state index is 12.9. The first-order valence-electron chi connectivity index (χ1n) is 5.58. The number of benzene rings is 1. The van der Waals surface area contributed by atoms with Gasteiger partial charge in [-0.15, -0.1) is 5.10 Å². The lowest BCUT2D eigenvalue weighted by atomic mass is 10.2. The molecule has 0 unspecified atom stereocenters. The van der Waals surface area contributed by atoms with Crippen molar-refractivity contribution >= 4 is 23.4 Å². The summed E-state index contributed by atoms with van der Waals surface area (Å²) in [5, 5.41) is 12.9. The quantitative estimate of drug-likeness (QED) is 0.809. The molecule has 0 saturated heterocycles. The Bertz CT molecular complexity index is 570. The maximum Gasteiger partial charge on any atom is 0.209 e. The van der Waals surface area contributed by atoms with Crippen LogP contribution in [0.1, 0.15) is 24.4 Å². The van der Waals surface area contributed by atoms with Crippen LogP contribution in [-0.2, 0) is 5.75 Å². The topological polar surface area (TPSA) is 43.6 Å². The Balaban J connectivity index is 1.71. The van der Waals surface area contributed by atoms with Crippen molar-refractivity contribution in [1.29, 1.82) is 0 Å². The molecule has 0 radical (unpaired) electrons. The summed E-state index contributed by atoms with van der Waals surface area (Å²) in [4.78, 5) is 0. The Labute approximate surface area is 113 Å². The van der Waals surface area contributed by atoms with Crippen molar-refractivity contribution in [2.24, 2.45) is 0 Å². The summed E-state index contributed by atoms with van der Waals surface area (Å²) in [6.07, 6.45) is 2.27. The van der Waals surface area contributed by atoms with Gasteiger partial charge in [-0.1, -0.05) is 29.4 Å². The highest BCUT2D eigenvalue weighted by Gasteiger charge is 2.27. The predicted molar refractivity (Wildman–Crippen MR) is 67.1 cm³/mol. The Morgan fingerprint density at radius 1 is 1.44 bits per heavy atom. The van der Waals surface area contributed by atoms with Crippen LogP contribution in [0.2, 0.25) is 5.02 Å². The molecule has 0 aliphatic heterocycles. The minimum atomic E-state index is -0.323. The third kappa shape index (κ3) is 2.49. The van der Waals surface area contributed by atoms with Crippen LogP contribution in [0.25, 0.3) is 0 Å². The SMILES string of the molecule is Fc1ccc(CSc2nnnn2C2CC2)c(Cl)c1. The van der Waals surface area contributed by atoms with Crippen molar-refractivity contribution in [2.75, 3.05) is 0 Å². The highest BCUT2D eigenvalue weighted by molar-refractivity contribution is 7.98. The molecule has 4 nitrogen and oxygen atoms in total. The summed E-state index contributed by atoms with van der Waals surface area (Å²) >= 11 is 7.49. The second-order valence-electron chi connectivity index (χ2n) is 4.16. The number of aromatic nitrogens is 4. The lowest BCUT2D eigenvalue weighted by Gasteiger charge is -2.04. The van der Waals surface area contributed by atoms with Crippen LogP contribution in [0, 0.1) is 5.82 Å². The Morgan fingerprint density at radius 2 is 2.28 bits per heavy atom. The van der Waals surface area contributed by atoms with Gasteiger partial charge in [0.1, 0.15) is 5.82 Å². The molecule has 1 fully saturated rings. The largest absolute Gasteiger partial charge is 0.217 e. The number of thioether (sulfide) groups is 1. The van der Waals surface area contributed by atoms with Crippen LogP contribution >= 0.6 is 23.4 Å². The van der Waals surface area contributed by atoms with Gasteiger partial charge in [0.15, 0.2) is 0 Å². The van der Waals surface area contributed by atoms with Crippen molar-refractivity contribution in [3.05, 3.63) is 34.6 Å². The molecular formula is C11H10ClFN4S. The van der Waals surface area contributed by atoms with E-state index in [1.54, 1.807) is 6.07 Å². The van der Waals surface area contributed by atoms with E-state index in [9.17, 15) is 4.39 Å². The second kappa shape index (κ2) is 4.85. The van der Waals surface area contributed by atoms with Gasteiger partial charge in [-0.3, -0.25) is 0 Å². The summed E-state index contributed by atoms with van der Waals surface area (Å²) in [5.41, 5.74) is 0.883. The zero-order valence-corrected chi connectivity index (χ0v) is 11.0. The molecule has 1 aliphatic carbocycles. The standard InChI is InChI=1S/C11H10ClFN4S/c12-10-5-8(13)2-1-7(10)6-18-11-14-15-16-17(11)9-3-4-9/h1-2,5,9H,3-4,6H2. The first-order valence-corrected chi connectivity index (χ1v) is 6.95. The van der Waals surface area contributed by atoms with Gasteiger partial charge >= 0.3 is 0 Å². The number of nitrogens with zero attached hydrogens (tertiary/aromatic N) is 4. The summed E-state index contributed by atoms with van der Waals surface area (Å²) < 4.78 is 14.8. The van der Waals surface area contributed by atoms with Crippen molar-refractivity contribution in [1.82, 2.24) is 20.2 Å². The molecule has 1 aromatic heterocycles. The highest BCUT2D eigenvalue weighted by Crippen LogP contribution is 2.37. The van der Waals surface area contributed by atoms with Crippen LogP contribution < -0.4 is 0 Å². The minimum Gasteiger partial charge on any atom is -0.217 e. The lowest BCUT2D eigenvalue weighted by Crippen LogP contribution is -1.98. The fourth-order valence-corrected chi connectivity index (χ4v) is 2.87. The van der Waals surface area contributed by atoms with E-state index in [1.165, 1.54) is 23.9 Å². The summed E-state index contributed by atoms with van der Waals surface area (Å²) in [5.74, 6) is 0.309. The molecule has 1 aromatic carbocycles. The van der Waals surface area contributed by atoms with Crippen LogP contribution in [-0.4, -0.2) is 20.2 Å². The van der Waals surface area contributed by atoms with Gasteiger partial charge in [0.2, 0.25) is 5.16 Å². The highest BCUT2D eigenvalue weighted by atomic mass is 35.5. The van der Waals surface area contributed by atoms with Crippen molar-refractivity contribution in [2.45, 2.75) is 29.8 Å². The van der Waals surface area contributed by atoms with E-state index in [1.807, 2.05) is 4.68 Å². The second-order valence-corrected chi connectivity index (χ2v) is 5.51. The molecule has 7 heteroatoms. The molecule has 0 atom stereocenters. The van der Waals surface area contributed by atoms with E-state index >= 15 is 0 Å². The van der Waals surface area contributed by atoms with Crippen LogP contribution in [0.15, 0.2) is 23.4 Å². The van der Waals surface area contributed by atoms with E-state index in [4.69, 9.17) is 11.6 Å². The Kier molecular flexibility index (Phi) is 3.22. The molecule has 0 bridgehead atoms. The Morgan fingerprint density at radius 3 is 3.00 bits per heavy atom. The molecular weight excluding hydrogens is 275 g/mol. The van der Waals surface area contributed by atoms with Crippen molar-refractivity contribution in [3.8, 4) is 0 Å². The van der Waals surface area contributed by atoms with Gasteiger partial charge in [0.25, 0.3) is 0 Å². The summed E-state index contributed by atoms with van der Waals surface area (Å²) in [7, 11) is 0. The number of hydrogen-bond acceptors (Lipinski definition) is 4. The van der Waals surface area contributed by atoms with Gasteiger partial charge in [-0.25, -0.2) is 9.07 Å². The fourth-order valence-electron chi connectivity index (χ4n) is 1.61. The Hall–Kier alpha value is -1.14. The molecule has 0 N–H and O–H groups in total. The molecule has 0 spiro atoms. The van der Waals surface area contributed by atoms with Gasteiger partial charge in [0, 0.05) is 10.8 Å². The van der Waals surface area contributed by atoms with Crippen LogP contribution in [0.5, 0.6) is 0 Å². The first kappa shape index (κ1) is 11.9. The van der Waals surface area contributed by atoms with Gasteiger partial charge in [-0.05, 0) is 41.0 Å². The van der Waals surface area contributed by atoms with Gasteiger partial charge in [0.05, 0.1) is 6.04 Å². The number of halogens is 2. The third-order valence-corrected chi connectivity index (χ3v) is 4.06. The van der Waals surface area contributed by atoms with E-state index in [2.05, 4.69) is 15.5 Å². The molecule has 3 rings (SSSR count). The summed E-state index contributed by atoms with van der Waals surface area (Å²) in [6.45, 7) is 0. The van der Waals surface area contributed by atoms with Gasteiger partial charge in [-0.2, -0.15) is 0 Å². The normalized spacial score (nSPS) is 15.0. The number of rotatable bonds is 4. The third-order valence-electron chi connectivity index (χ3n) is 2.73. The van der Waals surface area contributed by atoms with E-state index < -0.39 is 0 Å². The monoisotopic (exact) mass is 284 g/mol. The zero-order chi connectivity index (χ0) is 12.5. The van der Waals surface area contributed by atoms with Crippen LogP contribution in [0.4, 0.5) is 4.39 Å². The molecule has 94 valence electrons. The smallest absolute Gasteiger partial charge is 0.209 e. The molecule has 1 saturated carbocycles. The average molecular weight is 285 g/mol. The van der Waals surface area contributed by atoms with Crippen LogP contribution in [0.3, 0.4) is 0 Å². The van der Waals surface area contributed by atoms with E-state index in [-0.39, 0.29) is 5.82 Å². The predicted octanol–water partition coefficient (Wildman–Crippen LogP) is 3.09. The van der Waals surface area contributed by atoms with Crippen molar-refractivity contribution in [3.63, 3.8) is 0 Å². The zero-order valence-electron chi connectivity index (χ0n) is 9.38. The average Bonchev–Trinajstić information content (AvgIpc) is 3.08. The van der Waals surface area contributed by atoms with Gasteiger partial charge < -0.3 is 0 Å². The molecule has 0 amide bonds. The fraction of sp³-hybridized carbons (Fsp3) is 0.364. The molecule has 1 heterocycles. The molecule has 2 aromatic rings.